The molecule has 0 aromatic carbocycles. The van der Waals surface area contributed by atoms with Crippen LogP contribution in [0, 0.1) is 0 Å². The fraction of sp³-hybridized carbons (Fsp3) is 0.964. The van der Waals surface area contributed by atoms with E-state index >= 15 is 0 Å². The third-order valence-corrected chi connectivity index (χ3v) is 6.37. The number of nitrogens with two attached hydrogens (primary N) is 1. The van der Waals surface area contributed by atoms with Crippen LogP contribution in [0.25, 0.3) is 0 Å². The Bertz CT molecular complexity index is 379. The maximum atomic E-state index is 11.9. The first-order valence-corrected chi connectivity index (χ1v) is 14.7. The first-order valence-electron chi connectivity index (χ1n) is 14.7. The van der Waals surface area contributed by atoms with Gasteiger partial charge in [0.05, 0.1) is 0 Å². The Morgan fingerprint density at radius 2 is 0.939 bits per heavy atom. The SMILES string of the molecule is CCCCCCCCCCCCCCCCCC(=O)NCCCNCCCCNCCCN. The van der Waals surface area contributed by atoms with Crippen molar-refractivity contribution >= 4 is 5.91 Å². The summed E-state index contributed by atoms with van der Waals surface area (Å²) in [5.41, 5.74) is 5.47. The molecule has 0 saturated heterocycles. The van der Waals surface area contributed by atoms with Gasteiger partial charge in [0.25, 0.3) is 0 Å². The van der Waals surface area contributed by atoms with E-state index in [0.29, 0.717) is 6.42 Å². The Morgan fingerprint density at radius 1 is 0.515 bits per heavy atom. The van der Waals surface area contributed by atoms with Crippen molar-refractivity contribution in [2.75, 3.05) is 39.3 Å². The van der Waals surface area contributed by atoms with Gasteiger partial charge in [-0.1, -0.05) is 96.8 Å². The second-order valence-corrected chi connectivity index (χ2v) is 9.75. The standard InChI is InChI=1S/C28H60N4O/c1-2-3-4-5-6-7-8-9-10-11-12-13-14-15-16-21-28(33)32-27-20-26-31-24-18-17-23-30-25-19-22-29/h30-31H,2-27,29H2,1H3,(H,32,33). The van der Waals surface area contributed by atoms with E-state index in [4.69, 9.17) is 5.73 Å². The monoisotopic (exact) mass is 468 g/mol. The average Bonchev–Trinajstić information content (AvgIpc) is 2.82. The van der Waals surface area contributed by atoms with Crippen LogP contribution in [-0.2, 0) is 4.79 Å². The molecule has 1 amide bonds. The van der Waals surface area contributed by atoms with E-state index in [1.807, 2.05) is 0 Å². The number of rotatable bonds is 28. The van der Waals surface area contributed by atoms with E-state index in [0.717, 1.165) is 58.5 Å². The van der Waals surface area contributed by atoms with Crippen molar-refractivity contribution in [1.29, 1.82) is 0 Å². The lowest BCUT2D eigenvalue weighted by molar-refractivity contribution is -0.121. The summed E-state index contributed by atoms with van der Waals surface area (Å²) in [6.07, 6.45) is 25.6. The van der Waals surface area contributed by atoms with Gasteiger partial charge < -0.3 is 21.7 Å². The minimum Gasteiger partial charge on any atom is -0.356 e. The molecule has 0 fully saturated rings. The largest absolute Gasteiger partial charge is 0.356 e. The lowest BCUT2D eigenvalue weighted by Crippen LogP contribution is -2.27. The highest BCUT2D eigenvalue weighted by Crippen LogP contribution is 2.13. The molecule has 0 bridgehead atoms. The molecular weight excluding hydrogens is 408 g/mol. The molecule has 0 heterocycles. The summed E-state index contributed by atoms with van der Waals surface area (Å²) in [4.78, 5) is 11.9. The van der Waals surface area contributed by atoms with Crippen LogP contribution in [0.3, 0.4) is 0 Å². The van der Waals surface area contributed by atoms with Crippen LogP contribution in [-0.4, -0.2) is 45.2 Å². The third-order valence-electron chi connectivity index (χ3n) is 6.37. The molecule has 0 aliphatic carbocycles. The van der Waals surface area contributed by atoms with Crippen molar-refractivity contribution in [3.63, 3.8) is 0 Å². The molecule has 198 valence electrons. The van der Waals surface area contributed by atoms with Gasteiger partial charge in [0.2, 0.25) is 5.91 Å². The van der Waals surface area contributed by atoms with Crippen LogP contribution < -0.4 is 21.7 Å². The normalized spacial score (nSPS) is 11.2. The van der Waals surface area contributed by atoms with E-state index in [1.54, 1.807) is 0 Å². The van der Waals surface area contributed by atoms with Gasteiger partial charge in [-0.05, 0) is 64.8 Å². The number of amides is 1. The second-order valence-electron chi connectivity index (χ2n) is 9.75. The maximum Gasteiger partial charge on any atom is 0.219 e. The van der Waals surface area contributed by atoms with Crippen LogP contribution in [0.5, 0.6) is 0 Å². The highest BCUT2D eigenvalue weighted by atomic mass is 16.1. The molecule has 0 unspecified atom stereocenters. The zero-order chi connectivity index (χ0) is 24.1. The number of unbranched alkanes of at least 4 members (excludes halogenated alkanes) is 15. The molecule has 0 aromatic rings. The number of carbonyl (C=O) groups is 1. The summed E-state index contributed by atoms with van der Waals surface area (Å²) < 4.78 is 0. The Labute approximate surface area is 207 Å². The predicted molar refractivity (Wildman–Crippen MR) is 146 cm³/mol. The van der Waals surface area contributed by atoms with Gasteiger partial charge in [0, 0.05) is 13.0 Å². The molecule has 5 heteroatoms. The van der Waals surface area contributed by atoms with Crippen molar-refractivity contribution in [3.8, 4) is 0 Å². The van der Waals surface area contributed by atoms with Gasteiger partial charge in [-0.2, -0.15) is 0 Å². The Morgan fingerprint density at radius 3 is 1.42 bits per heavy atom. The van der Waals surface area contributed by atoms with E-state index in [-0.39, 0.29) is 5.91 Å². The summed E-state index contributed by atoms with van der Waals surface area (Å²) in [7, 11) is 0. The Kier molecular flexibility index (Phi) is 28.8. The summed E-state index contributed by atoms with van der Waals surface area (Å²) in [5, 5.41) is 9.93. The third kappa shape index (κ3) is 29.3. The quantitative estimate of drug-likeness (QED) is 0.105. The molecule has 33 heavy (non-hydrogen) atoms. The smallest absolute Gasteiger partial charge is 0.219 e. The number of carbonyl (C=O) groups excluding carboxylic acids is 1. The lowest BCUT2D eigenvalue weighted by atomic mass is 10.0. The fourth-order valence-electron chi connectivity index (χ4n) is 4.16. The lowest BCUT2D eigenvalue weighted by Gasteiger charge is -2.07. The summed E-state index contributed by atoms with van der Waals surface area (Å²) in [6.45, 7) is 8.01. The summed E-state index contributed by atoms with van der Waals surface area (Å²) in [5.74, 6) is 0.230. The minimum atomic E-state index is 0.230. The first-order chi connectivity index (χ1) is 16.3. The minimum absolute atomic E-state index is 0.230. The number of nitrogens with one attached hydrogen (secondary N) is 3. The molecular formula is C28H60N4O. The van der Waals surface area contributed by atoms with Crippen LogP contribution >= 0.6 is 0 Å². The molecule has 0 aromatic heterocycles. The Hall–Kier alpha value is -0.650. The van der Waals surface area contributed by atoms with Gasteiger partial charge >= 0.3 is 0 Å². The van der Waals surface area contributed by atoms with Gasteiger partial charge in [0.1, 0.15) is 0 Å². The Balaban J connectivity index is 3.13. The first kappa shape index (κ1) is 32.4. The maximum absolute atomic E-state index is 11.9. The number of hydrogen-bond donors (Lipinski definition) is 4. The van der Waals surface area contributed by atoms with Crippen molar-refractivity contribution in [2.24, 2.45) is 5.73 Å². The number of hydrogen-bond acceptors (Lipinski definition) is 4. The topological polar surface area (TPSA) is 79.2 Å². The van der Waals surface area contributed by atoms with Gasteiger partial charge in [-0.3, -0.25) is 4.79 Å². The van der Waals surface area contributed by atoms with E-state index in [2.05, 4.69) is 22.9 Å². The molecule has 0 atom stereocenters. The highest BCUT2D eigenvalue weighted by Gasteiger charge is 2.00. The van der Waals surface area contributed by atoms with Crippen molar-refractivity contribution in [3.05, 3.63) is 0 Å². The van der Waals surface area contributed by atoms with Crippen LogP contribution in [0.1, 0.15) is 135 Å². The molecule has 0 aliphatic rings. The average molecular weight is 469 g/mol. The molecule has 0 saturated carbocycles. The van der Waals surface area contributed by atoms with Crippen LogP contribution in [0.2, 0.25) is 0 Å². The second kappa shape index (κ2) is 29.4. The molecule has 0 rings (SSSR count). The zero-order valence-electron chi connectivity index (χ0n) is 22.4. The predicted octanol–water partition coefficient (Wildman–Crippen LogP) is 6.06. The van der Waals surface area contributed by atoms with Gasteiger partial charge in [-0.15, -0.1) is 0 Å². The van der Waals surface area contributed by atoms with E-state index in [1.165, 1.54) is 103 Å². The molecule has 0 spiro atoms. The fourth-order valence-corrected chi connectivity index (χ4v) is 4.16. The van der Waals surface area contributed by atoms with Gasteiger partial charge in [0.15, 0.2) is 0 Å². The van der Waals surface area contributed by atoms with Gasteiger partial charge in [-0.25, -0.2) is 0 Å². The zero-order valence-corrected chi connectivity index (χ0v) is 22.4. The molecule has 5 N–H and O–H groups in total. The van der Waals surface area contributed by atoms with E-state index in [9.17, 15) is 4.79 Å². The van der Waals surface area contributed by atoms with Crippen LogP contribution in [0.4, 0.5) is 0 Å². The highest BCUT2D eigenvalue weighted by molar-refractivity contribution is 5.75. The summed E-state index contributed by atoms with van der Waals surface area (Å²) in [6, 6.07) is 0. The molecule has 0 aliphatic heterocycles. The molecule has 5 nitrogen and oxygen atoms in total. The van der Waals surface area contributed by atoms with Crippen LogP contribution in [0.15, 0.2) is 0 Å². The van der Waals surface area contributed by atoms with Crippen molar-refractivity contribution in [1.82, 2.24) is 16.0 Å². The summed E-state index contributed by atoms with van der Waals surface area (Å²) >= 11 is 0. The molecule has 0 radical (unpaired) electrons. The van der Waals surface area contributed by atoms with E-state index < -0.39 is 0 Å². The van der Waals surface area contributed by atoms with Crippen molar-refractivity contribution in [2.45, 2.75) is 135 Å². The van der Waals surface area contributed by atoms with Crippen molar-refractivity contribution < 1.29 is 4.79 Å².